The van der Waals surface area contributed by atoms with E-state index in [-0.39, 0.29) is 38.8 Å². The molecule has 0 aliphatic carbocycles. The van der Waals surface area contributed by atoms with Crippen LogP contribution in [0.5, 0.6) is 0 Å². The Bertz CT molecular complexity index is 37.9. The van der Waals surface area contributed by atoms with Gasteiger partial charge in [0.2, 0.25) is 0 Å². The van der Waals surface area contributed by atoms with Gasteiger partial charge in [-0.3, -0.25) is 0 Å². The SMILES string of the molecule is O=[Se](O)O.[H-].[Li+].[V]. The van der Waals surface area contributed by atoms with Gasteiger partial charge in [-0.25, -0.2) is 0 Å². The summed E-state index contributed by atoms with van der Waals surface area (Å²) in [5.74, 6) is 0. The minimum absolute atomic E-state index is 0. The second-order valence-corrected chi connectivity index (χ2v) is 1.20. The van der Waals surface area contributed by atoms with Crippen molar-refractivity contribution in [3.05, 3.63) is 0 Å². The van der Waals surface area contributed by atoms with Crippen LogP contribution in [0.2, 0.25) is 0 Å². The molecule has 0 atom stereocenters. The van der Waals surface area contributed by atoms with Crippen LogP contribution < -0.4 is 18.9 Å². The molecule has 6 heavy (non-hydrogen) atoms. The summed E-state index contributed by atoms with van der Waals surface area (Å²) in [6.07, 6.45) is 0. The van der Waals surface area contributed by atoms with E-state index in [4.69, 9.17) is 12.2 Å². The molecule has 0 aliphatic rings. The molecule has 0 aliphatic heterocycles. The molecule has 0 bridgehead atoms. The predicted octanol–water partition coefficient (Wildman–Crippen LogP) is -4.50. The number of rotatable bonds is 0. The summed E-state index contributed by atoms with van der Waals surface area (Å²) in [6.45, 7) is 0. The fourth-order valence-corrected chi connectivity index (χ4v) is 0. The molecule has 0 amide bonds. The Morgan fingerprint density at radius 2 is 1.50 bits per heavy atom. The minimum atomic E-state index is -3.29. The van der Waals surface area contributed by atoms with Gasteiger partial charge >= 0.3 is 45.6 Å². The van der Waals surface area contributed by atoms with Gasteiger partial charge in [0.25, 0.3) is 0 Å². The predicted molar refractivity (Wildman–Crippen MR) is 12.0 cm³/mol. The van der Waals surface area contributed by atoms with Gasteiger partial charge in [-0.1, -0.05) is 0 Å². The molecule has 0 heterocycles. The molecule has 2 N–H and O–H groups in total. The van der Waals surface area contributed by atoms with Crippen LogP contribution in [-0.2, 0) is 22.4 Å². The molecule has 0 saturated carbocycles. The summed E-state index contributed by atoms with van der Waals surface area (Å²) in [7, 11) is 0. The molecule has 0 spiro atoms. The van der Waals surface area contributed by atoms with Gasteiger partial charge < -0.3 is 1.43 Å². The van der Waals surface area contributed by atoms with Gasteiger partial charge in [-0.05, 0) is 0 Å². The molecule has 1 radical (unpaired) electrons. The average Bonchev–Trinajstić information content (AvgIpc) is 0.811. The van der Waals surface area contributed by atoms with E-state index in [1.807, 2.05) is 0 Å². The van der Waals surface area contributed by atoms with E-state index in [2.05, 4.69) is 0 Å². The molecule has 6 heteroatoms. The summed E-state index contributed by atoms with van der Waals surface area (Å²) in [6, 6.07) is 0. The molecular formula is H3LiO3SeV. The summed E-state index contributed by atoms with van der Waals surface area (Å²) < 4.78 is 23.1. The fourth-order valence-electron chi connectivity index (χ4n) is 0. The first-order valence-corrected chi connectivity index (χ1v) is 2.76. The quantitative estimate of drug-likeness (QED) is 0.376. The second-order valence-electron chi connectivity index (χ2n) is 0.231. The van der Waals surface area contributed by atoms with E-state index in [9.17, 15) is 0 Å². The zero-order valence-corrected chi connectivity index (χ0v) is 6.27. The zero-order valence-electron chi connectivity index (χ0n) is 4.16. The summed E-state index contributed by atoms with van der Waals surface area (Å²) in [5.41, 5.74) is 0. The molecule has 0 rings (SSSR count). The standard InChI is InChI=1S/Li.H2O3Se.V.H/c;1-4(2)3;;/h;(H2,1,2,3);;/q+1;;;-1. The smallest absolute Gasteiger partial charge is 1.00 e. The van der Waals surface area contributed by atoms with Crippen molar-refractivity contribution in [2.24, 2.45) is 0 Å². The third kappa shape index (κ3) is 52.5. The van der Waals surface area contributed by atoms with Crippen LogP contribution in [0.1, 0.15) is 1.43 Å². The molecule has 0 fully saturated rings. The topological polar surface area (TPSA) is 57.5 Å². The second kappa shape index (κ2) is 9.65. The van der Waals surface area contributed by atoms with Gasteiger partial charge in [-0.2, -0.15) is 0 Å². The van der Waals surface area contributed by atoms with Crippen LogP contribution in [0.4, 0.5) is 0 Å². The third-order valence-corrected chi connectivity index (χ3v) is 0. The Labute approximate surface area is 65.4 Å². The Morgan fingerprint density at radius 3 is 1.50 bits per heavy atom. The van der Waals surface area contributed by atoms with Gasteiger partial charge in [-0.15, -0.1) is 0 Å². The number of hydrogen-bond donors (Lipinski definition) is 2. The van der Waals surface area contributed by atoms with E-state index >= 15 is 0 Å². The van der Waals surface area contributed by atoms with Crippen molar-refractivity contribution in [2.45, 2.75) is 0 Å². The molecule has 0 aromatic carbocycles. The number of hydrogen-bond acceptors (Lipinski definition) is 1. The normalized spacial score (nSPS) is 5.83. The molecule has 0 unspecified atom stereocenters. The van der Waals surface area contributed by atoms with Crippen LogP contribution in [-0.4, -0.2) is 22.9 Å². The van der Waals surface area contributed by atoms with Crippen LogP contribution in [0.3, 0.4) is 0 Å². The molecular weight excluding hydrogens is 185 g/mol. The first kappa shape index (κ1) is 15.7. The van der Waals surface area contributed by atoms with Crippen molar-refractivity contribution in [1.29, 1.82) is 0 Å². The van der Waals surface area contributed by atoms with Crippen molar-refractivity contribution >= 4 is 14.5 Å². The van der Waals surface area contributed by atoms with Crippen LogP contribution in [0.25, 0.3) is 0 Å². The molecule has 33 valence electrons. The fraction of sp³-hybridized carbons (Fsp3) is 0. The van der Waals surface area contributed by atoms with Crippen LogP contribution >= 0.6 is 0 Å². The first-order chi connectivity index (χ1) is 1.73. The Balaban J connectivity index is -0.0000000150. The summed E-state index contributed by atoms with van der Waals surface area (Å²) in [5, 5.41) is 0. The van der Waals surface area contributed by atoms with Crippen molar-refractivity contribution in [2.75, 3.05) is 0 Å². The zero-order chi connectivity index (χ0) is 3.58. The van der Waals surface area contributed by atoms with Crippen molar-refractivity contribution in [3.8, 4) is 0 Å². The van der Waals surface area contributed by atoms with E-state index in [0.717, 1.165) is 0 Å². The van der Waals surface area contributed by atoms with Gasteiger partial charge in [0, 0.05) is 18.6 Å². The Hall–Kier alpha value is 1.42. The molecule has 0 aromatic rings. The summed E-state index contributed by atoms with van der Waals surface area (Å²) >= 11 is -3.29. The van der Waals surface area contributed by atoms with Crippen molar-refractivity contribution in [3.63, 3.8) is 0 Å². The van der Waals surface area contributed by atoms with Crippen molar-refractivity contribution < 1.29 is 51.1 Å². The van der Waals surface area contributed by atoms with E-state index in [0.29, 0.717) is 0 Å². The average molecular weight is 188 g/mol. The molecule has 0 saturated heterocycles. The van der Waals surface area contributed by atoms with Gasteiger partial charge in [0.05, 0.1) is 0 Å². The Morgan fingerprint density at radius 1 is 1.50 bits per heavy atom. The van der Waals surface area contributed by atoms with E-state index < -0.39 is 14.5 Å². The molecule has 0 aromatic heterocycles. The van der Waals surface area contributed by atoms with E-state index in [1.165, 1.54) is 0 Å². The Kier molecular flexibility index (Phi) is 25.2. The first-order valence-electron chi connectivity index (χ1n) is 0.532. The van der Waals surface area contributed by atoms with Crippen molar-refractivity contribution in [1.82, 2.24) is 0 Å². The van der Waals surface area contributed by atoms with Crippen LogP contribution in [0.15, 0.2) is 0 Å². The van der Waals surface area contributed by atoms with E-state index in [1.54, 1.807) is 0 Å². The monoisotopic (exact) mass is 189 g/mol. The summed E-state index contributed by atoms with van der Waals surface area (Å²) in [4.78, 5) is 0. The largest absolute Gasteiger partial charge is 1.00 e. The van der Waals surface area contributed by atoms with Gasteiger partial charge in [0.1, 0.15) is 0 Å². The third-order valence-electron chi connectivity index (χ3n) is 0. The maximum Gasteiger partial charge on any atom is 1.00 e. The minimum Gasteiger partial charge on any atom is -1.00 e. The van der Waals surface area contributed by atoms with Crippen LogP contribution in [0, 0.1) is 0 Å². The maximum atomic E-state index is 8.76. The van der Waals surface area contributed by atoms with Gasteiger partial charge in [0.15, 0.2) is 0 Å². The maximum absolute atomic E-state index is 8.76. The molecule has 3 nitrogen and oxygen atoms in total.